The zero-order chi connectivity index (χ0) is 20.8. The summed E-state index contributed by atoms with van der Waals surface area (Å²) in [4.78, 5) is 29.0. The van der Waals surface area contributed by atoms with Crippen LogP contribution in [0.3, 0.4) is 0 Å². The second kappa shape index (κ2) is 7.81. The molecule has 3 fully saturated rings. The van der Waals surface area contributed by atoms with Gasteiger partial charge in [-0.1, -0.05) is 9.37 Å². The van der Waals surface area contributed by atoms with Crippen molar-refractivity contribution in [3.63, 3.8) is 0 Å². The van der Waals surface area contributed by atoms with Gasteiger partial charge in [0.15, 0.2) is 16.2 Å². The quantitative estimate of drug-likeness (QED) is 0.673. The fourth-order valence-electron chi connectivity index (χ4n) is 4.90. The Kier molecular flexibility index (Phi) is 5.52. The van der Waals surface area contributed by atoms with Crippen LogP contribution in [0.5, 0.6) is 0 Å². The van der Waals surface area contributed by atoms with Gasteiger partial charge in [-0.25, -0.2) is 0 Å². The van der Waals surface area contributed by atoms with Crippen molar-refractivity contribution in [2.75, 3.05) is 26.2 Å². The molecule has 2 amide bonds. The Balaban J connectivity index is 1.45. The first-order valence-electron chi connectivity index (χ1n) is 10.3. The van der Waals surface area contributed by atoms with Crippen LogP contribution in [0.2, 0.25) is 0 Å². The Morgan fingerprint density at radius 2 is 1.86 bits per heavy atom. The summed E-state index contributed by atoms with van der Waals surface area (Å²) in [5.74, 6) is 0.322. The second-order valence-electron chi connectivity index (χ2n) is 8.17. The molecule has 3 aliphatic rings. The minimum absolute atomic E-state index is 0.0726. The third-order valence-electron chi connectivity index (χ3n) is 6.35. The predicted octanol–water partition coefficient (Wildman–Crippen LogP) is 1.27. The molecule has 1 aromatic rings. The highest BCUT2D eigenvalue weighted by Gasteiger charge is 2.47. The summed E-state index contributed by atoms with van der Waals surface area (Å²) >= 11 is 0. The lowest BCUT2D eigenvalue weighted by atomic mass is 10.0. The maximum absolute atomic E-state index is 13.2. The molecule has 0 bridgehead atoms. The molecule has 2 unspecified atom stereocenters. The number of hydrogen-bond acceptors (Lipinski definition) is 6. The topological polar surface area (TPSA) is 110 Å². The molecule has 0 N–H and O–H groups in total. The average Bonchev–Trinajstić information content (AvgIpc) is 3.42. The van der Waals surface area contributed by atoms with E-state index in [0.29, 0.717) is 44.6 Å². The fraction of sp³-hybridized carbons (Fsp3) is 0.737. The van der Waals surface area contributed by atoms with E-state index in [4.69, 9.17) is 4.52 Å². The number of likely N-dealkylation sites (tertiary alicyclic amines) is 2. The Bertz CT molecular complexity index is 828. The molecule has 160 valence electrons. The van der Waals surface area contributed by atoms with Crippen LogP contribution >= 0.6 is 0 Å². The predicted molar refractivity (Wildman–Crippen MR) is 103 cm³/mol. The van der Waals surface area contributed by atoms with Crippen LogP contribution in [0.25, 0.3) is 0 Å². The first-order chi connectivity index (χ1) is 13.8. The second-order valence-corrected chi connectivity index (χ2v) is 10.0. The van der Waals surface area contributed by atoms with Crippen molar-refractivity contribution in [2.45, 2.75) is 69.4 Å². The van der Waals surface area contributed by atoms with Crippen LogP contribution in [0.4, 0.5) is 0 Å². The lowest BCUT2D eigenvalue weighted by molar-refractivity contribution is -0.137. The number of aryl methyl sites for hydroxylation is 2. The van der Waals surface area contributed by atoms with E-state index in [0.717, 1.165) is 25.8 Å². The van der Waals surface area contributed by atoms with E-state index in [1.165, 1.54) is 4.31 Å². The number of sulfonamides is 1. The standard InChI is InChI=1S/C19H28N4O5S/c1-13-18(14(2)28-20-13)29(26,27)23-10-3-5-16(23)19(25)21-11-7-15(8-12-21)22-9-4-6-17(22)24/h15-16H,3-12H2,1-2H3. The maximum Gasteiger partial charge on any atom is 0.244 e. The van der Waals surface area contributed by atoms with E-state index >= 15 is 0 Å². The van der Waals surface area contributed by atoms with Crippen molar-refractivity contribution in [1.29, 1.82) is 0 Å². The lowest BCUT2D eigenvalue weighted by Crippen LogP contribution is -2.53. The maximum atomic E-state index is 13.2. The van der Waals surface area contributed by atoms with Crippen molar-refractivity contribution in [3.05, 3.63) is 11.5 Å². The van der Waals surface area contributed by atoms with E-state index in [2.05, 4.69) is 5.16 Å². The van der Waals surface area contributed by atoms with Crippen molar-refractivity contribution in [3.8, 4) is 0 Å². The highest BCUT2D eigenvalue weighted by Crippen LogP contribution is 2.34. The van der Waals surface area contributed by atoms with Gasteiger partial charge in [0.2, 0.25) is 16.7 Å². The Morgan fingerprint density at radius 3 is 2.45 bits per heavy atom. The van der Waals surface area contributed by atoms with Crippen molar-refractivity contribution in [1.82, 2.24) is 19.3 Å². The molecule has 0 aliphatic carbocycles. The first-order valence-corrected chi connectivity index (χ1v) is 11.8. The molecule has 0 saturated carbocycles. The molecular weight excluding hydrogens is 396 g/mol. The minimum atomic E-state index is -3.84. The number of hydrogen-bond donors (Lipinski definition) is 0. The van der Waals surface area contributed by atoms with Gasteiger partial charge in [-0.3, -0.25) is 9.59 Å². The van der Waals surface area contributed by atoms with E-state index in [-0.39, 0.29) is 28.5 Å². The number of aromatic nitrogens is 1. The van der Waals surface area contributed by atoms with E-state index in [1.807, 2.05) is 4.90 Å². The largest absolute Gasteiger partial charge is 0.593 e. The smallest absolute Gasteiger partial charge is 0.244 e. The molecule has 0 radical (unpaired) electrons. The van der Waals surface area contributed by atoms with Gasteiger partial charge in [0, 0.05) is 45.6 Å². The van der Waals surface area contributed by atoms with Gasteiger partial charge >= 0.3 is 0 Å². The number of rotatable bonds is 4. The van der Waals surface area contributed by atoms with Crippen LogP contribution < -0.4 is 0 Å². The molecule has 1 aromatic heterocycles. The summed E-state index contributed by atoms with van der Waals surface area (Å²) in [5.41, 5.74) is 0.316. The summed E-state index contributed by atoms with van der Waals surface area (Å²) in [7, 11) is -3.84. The molecule has 10 heteroatoms. The van der Waals surface area contributed by atoms with Crippen molar-refractivity contribution >= 4 is 22.2 Å². The zero-order valence-corrected chi connectivity index (χ0v) is 17.8. The highest BCUT2D eigenvalue weighted by atomic mass is 32.3. The van der Waals surface area contributed by atoms with Crippen LogP contribution in [-0.4, -0.2) is 73.9 Å². The van der Waals surface area contributed by atoms with Crippen molar-refractivity contribution in [2.24, 2.45) is 0 Å². The summed E-state index contributed by atoms with van der Waals surface area (Å²) in [6, 6.07) is -0.488. The number of amides is 2. The first kappa shape index (κ1) is 20.5. The van der Waals surface area contributed by atoms with Gasteiger partial charge < -0.3 is 18.9 Å². The minimum Gasteiger partial charge on any atom is -0.593 e. The molecular formula is C19H28N4O5S. The third-order valence-corrected chi connectivity index (χ3v) is 8.50. The summed E-state index contributed by atoms with van der Waals surface area (Å²) in [6.07, 6.45) is 4.20. The fourth-order valence-corrected chi connectivity index (χ4v) is 6.84. The number of carbonyl (C=O) groups excluding carboxylic acids is 2. The monoisotopic (exact) mass is 424 g/mol. The summed E-state index contributed by atoms with van der Waals surface area (Å²) in [5, 5.41) is 3.76. The van der Waals surface area contributed by atoms with Crippen LogP contribution in [0.1, 0.15) is 50.0 Å². The van der Waals surface area contributed by atoms with Gasteiger partial charge in [0.25, 0.3) is 0 Å². The normalized spacial score (nSPS) is 26.3. The molecule has 29 heavy (non-hydrogen) atoms. The number of piperidine rings is 1. The van der Waals surface area contributed by atoms with E-state index in [9.17, 15) is 18.4 Å². The third kappa shape index (κ3) is 3.62. The van der Waals surface area contributed by atoms with Crippen molar-refractivity contribution < 1.29 is 22.9 Å². The molecule has 9 nitrogen and oxygen atoms in total. The van der Waals surface area contributed by atoms with Gasteiger partial charge in [-0.15, -0.1) is 4.31 Å². The Morgan fingerprint density at radius 1 is 1.14 bits per heavy atom. The van der Waals surface area contributed by atoms with E-state index < -0.39 is 16.4 Å². The van der Waals surface area contributed by atoms with Gasteiger partial charge in [-0.05, 0) is 39.0 Å². The zero-order valence-electron chi connectivity index (χ0n) is 17.0. The SMILES string of the molecule is Cc1noc(C)c1[S+](=O)([O-])N1CCCC1C(=O)N1CCC(N2CCCC2=O)CC1. The van der Waals surface area contributed by atoms with Gasteiger partial charge in [0.1, 0.15) is 11.7 Å². The molecule has 2 atom stereocenters. The van der Waals surface area contributed by atoms with Crippen LogP contribution in [0.15, 0.2) is 9.42 Å². The Hall–Kier alpha value is -1.78. The average molecular weight is 425 g/mol. The van der Waals surface area contributed by atoms with Crippen LogP contribution in [0, 0.1) is 13.8 Å². The number of nitrogens with zero attached hydrogens (tertiary/aromatic N) is 4. The van der Waals surface area contributed by atoms with Crippen LogP contribution in [-0.2, 0) is 24.2 Å². The molecule has 3 saturated heterocycles. The summed E-state index contributed by atoms with van der Waals surface area (Å²) in [6.45, 7) is 5.42. The molecule has 0 spiro atoms. The Labute approximate surface area is 171 Å². The highest BCUT2D eigenvalue weighted by molar-refractivity contribution is 7.95. The van der Waals surface area contributed by atoms with E-state index in [1.54, 1.807) is 18.7 Å². The number of carbonyl (C=O) groups is 2. The van der Waals surface area contributed by atoms with Gasteiger partial charge in [-0.2, -0.15) is 0 Å². The molecule has 4 rings (SSSR count). The molecule has 4 heterocycles. The summed E-state index contributed by atoms with van der Waals surface area (Å²) < 4.78 is 32.8. The molecule has 0 aromatic carbocycles. The molecule has 3 aliphatic heterocycles. The van der Waals surface area contributed by atoms with Gasteiger partial charge in [0.05, 0.1) is 0 Å². The lowest BCUT2D eigenvalue weighted by Gasteiger charge is -2.38.